The summed E-state index contributed by atoms with van der Waals surface area (Å²) in [6.45, 7) is 3.17. The Morgan fingerprint density at radius 3 is 2.85 bits per heavy atom. The molecule has 0 saturated carbocycles. The Balaban J connectivity index is 2.20. The topological polar surface area (TPSA) is 37.6 Å². The largest absolute Gasteiger partial charge is 0.340 e. The van der Waals surface area contributed by atoms with Crippen LogP contribution in [0.4, 0.5) is 9.52 Å². The summed E-state index contributed by atoms with van der Waals surface area (Å²) in [4.78, 5) is 19.2. The van der Waals surface area contributed by atoms with Crippen LogP contribution in [0.5, 0.6) is 0 Å². The maximum atomic E-state index is 13.2. The summed E-state index contributed by atoms with van der Waals surface area (Å²) in [7, 11) is 4.16. The number of nitrogens with zero attached hydrogens (tertiary/aromatic N) is 2. The summed E-state index contributed by atoms with van der Waals surface area (Å²) in [6, 6.07) is 4.49. The highest BCUT2D eigenvalue weighted by molar-refractivity contribution is 7.22. The zero-order chi connectivity index (χ0) is 14.7. The number of amides is 1. The van der Waals surface area contributed by atoms with E-state index in [4.69, 9.17) is 0 Å². The monoisotopic (exact) mass is 296 g/mol. The van der Waals surface area contributed by atoms with Crippen LogP contribution in [-0.4, -0.2) is 38.1 Å². The van der Waals surface area contributed by atoms with Crippen molar-refractivity contribution in [3.05, 3.63) is 24.0 Å². The van der Waals surface area contributed by atoms with Gasteiger partial charge in [0, 0.05) is 19.9 Å². The van der Waals surface area contributed by atoms with Gasteiger partial charge in [0.1, 0.15) is 5.82 Å². The molecule has 0 radical (unpaired) electrons. The summed E-state index contributed by atoms with van der Waals surface area (Å²) in [5, 5.41) is 0.645. The molecule has 1 aromatic heterocycles. The molecular weight excluding hydrogens is 277 g/mol. The van der Waals surface area contributed by atoms with E-state index >= 15 is 0 Å². The quantitative estimate of drug-likeness (QED) is 0.904. The van der Waals surface area contributed by atoms with Crippen LogP contribution in [0, 0.1) is 5.82 Å². The fourth-order valence-electron chi connectivity index (χ4n) is 1.98. The van der Waals surface area contributed by atoms with Gasteiger partial charge in [0.25, 0.3) is 0 Å². The second-order valence-corrected chi connectivity index (χ2v) is 6.10. The fourth-order valence-corrected chi connectivity index (χ4v) is 3.04. The minimum atomic E-state index is -0.279. The van der Waals surface area contributed by atoms with Crippen LogP contribution in [0.1, 0.15) is 13.3 Å². The Labute approximate surface area is 121 Å². The highest BCUT2D eigenvalue weighted by atomic mass is 32.1. The molecule has 0 spiro atoms. The SMILES string of the molecule is CC(=O)N(CCC[NH+](C)C)c1nc2ccc(F)cc2s1. The maximum Gasteiger partial charge on any atom is 0.225 e. The van der Waals surface area contributed by atoms with Crippen LogP contribution in [0.3, 0.4) is 0 Å². The number of carbonyl (C=O) groups excluding carboxylic acids is 1. The van der Waals surface area contributed by atoms with E-state index in [-0.39, 0.29) is 11.7 Å². The fraction of sp³-hybridized carbons (Fsp3) is 0.429. The summed E-state index contributed by atoms with van der Waals surface area (Å²) in [6.07, 6.45) is 0.909. The number of anilines is 1. The van der Waals surface area contributed by atoms with Crippen LogP contribution < -0.4 is 9.80 Å². The van der Waals surface area contributed by atoms with Crippen molar-refractivity contribution in [2.75, 3.05) is 32.1 Å². The van der Waals surface area contributed by atoms with E-state index in [2.05, 4.69) is 19.1 Å². The van der Waals surface area contributed by atoms with Gasteiger partial charge >= 0.3 is 0 Å². The molecule has 1 amide bonds. The molecule has 2 rings (SSSR count). The van der Waals surface area contributed by atoms with Crippen molar-refractivity contribution in [3.8, 4) is 0 Å². The second kappa shape index (κ2) is 6.28. The molecule has 0 saturated heterocycles. The molecule has 20 heavy (non-hydrogen) atoms. The lowest BCUT2D eigenvalue weighted by Crippen LogP contribution is -3.05. The Hall–Kier alpha value is -1.53. The first-order valence-corrected chi connectivity index (χ1v) is 7.42. The number of rotatable bonds is 5. The summed E-state index contributed by atoms with van der Waals surface area (Å²) < 4.78 is 14.0. The third kappa shape index (κ3) is 3.52. The van der Waals surface area contributed by atoms with Gasteiger partial charge in [-0.25, -0.2) is 9.37 Å². The number of fused-ring (bicyclic) bond motifs is 1. The van der Waals surface area contributed by atoms with Crippen LogP contribution in [0.25, 0.3) is 10.2 Å². The number of halogens is 1. The first-order chi connectivity index (χ1) is 9.47. The number of hydrogen-bond acceptors (Lipinski definition) is 3. The molecule has 1 N–H and O–H groups in total. The molecule has 0 atom stereocenters. The molecule has 1 aromatic carbocycles. The molecule has 0 fully saturated rings. The smallest absolute Gasteiger partial charge is 0.225 e. The van der Waals surface area contributed by atoms with Crippen LogP contribution in [0.15, 0.2) is 18.2 Å². The molecule has 6 heteroatoms. The van der Waals surface area contributed by atoms with Crippen molar-refractivity contribution in [1.82, 2.24) is 4.98 Å². The van der Waals surface area contributed by atoms with Crippen LogP contribution in [0.2, 0.25) is 0 Å². The van der Waals surface area contributed by atoms with E-state index in [0.29, 0.717) is 11.7 Å². The molecular formula is C14H19FN3OS+. The number of carbonyl (C=O) groups is 1. The predicted octanol–water partition coefficient (Wildman–Crippen LogP) is 1.32. The van der Waals surface area contributed by atoms with Crippen LogP contribution in [-0.2, 0) is 4.79 Å². The standard InChI is InChI=1S/C14H18FN3OS/c1-10(19)18(8-4-7-17(2)3)14-16-12-6-5-11(15)9-13(12)20-14/h5-6,9H,4,7-8H2,1-3H3/p+1. The maximum absolute atomic E-state index is 13.2. The van der Waals surface area contributed by atoms with Gasteiger partial charge in [-0.15, -0.1) is 0 Å². The molecule has 4 nitrogen and oxygen atoms in total. The van der Waals surface area contributed by atoms with Gasteiger partial charge in [-0.1, -0.05) is 11.3 Å². The van der Waals surface area contributed by atoms with Crippen molar-refractivity contribution in [1.29, 1.82) is 0 Å². The Morgan fingerprint density at radius 2 is 2.20 bits per heavy atom. The molecule has 0 bridgehead atoms. The molecule has 2 aromatic rings. The third-order valence-corrected chi connectivity index (χ3v) is 4.05. The van der Waals surface area contributed by atoms with E-state index in [1.54, 1.807) is 11.0 Å². The minimum Gasteiger partial charge on any atom is -0.340 e. The van der Waals surface area contributed by atoms with Crippen LogP contribution >= 0.6 is 11.3 Å². The van der Waals surface area contributed by atoms with Gasteiger partial charge < -0.3 is 4.90 Å². The molecule has 0 unspecified atom stereocenters. The lowest BCUT2D eigenvalue weighted by atomic mass is 10.3. The first kappa shape index (κ1) is 14.9. The zero-order valence-electron chi connectivity index (χ0n) is 11.9. The van der Waals surface area contributed by atoms with E-state index < -0.39 is 0 Å². The molecule has 0 aliphatic carbocycles. The van der Waals surface area contributed by atoms with Crippen molar-refractivity contribution in [2.24, 2.45) is 0 Å². The van der Waals surface area contributed by atoms with Gasteiger partial charge in [-0.2, -0.15) is 0 Å². The number of hydrogen-bond donors (Lipinski definition) is 1. The van der Waals surface area contributed by atoms with Gasteiger partial charge in [0.05, 0.1) is 30.9 Å². The van der Waals surface area contributed by atoms with Gasteiger partial charge in [-0.3, -0.25) is 9.69 Å². The molecule has 0 aliphatic heterocycles. The van der Waals surface area contributed by atoms with E-state index in [1.807, 2.05) is 0 Å². The minimum absolute atomic E-state index is 0.0294. The van der Waals surface area contributed by atoms with Crippen molar-refractivity contribution >= 4 is 32.6 Å². The van der Waals surface area contributed by atoms with E-state index in [9.17, 15) is 9.18 Å². The number of aromatic nitrogens is 1. The molecule has 0 aliphatic rings. The lowest BCUT2D eigenvalue weighted by Gasteiger charge is -2.18. The van der Waals surface area contributed by atoms with Gasteiger partial charge in [-0.05, 0) is 18.2 Å². The molecule has 108 valence electrons. The summed E-state index contributed by atoms with van der Waals surface area (Å²) >= 11 is 1.35. The van der Waals surface area contributed by atoms with Gasteiger partial charge in [0.2, 0.25) is 5.91 Å². The highest BCUT2D eigenvalue weighted by Crippen LogP contribution is 2.29. The summed E-state index contributed by atoms with van der Waals surface area (Å²) in [5.41, 5.74) is 0.732. The van der Waals surface area contributed by atoms with Crippen molar-refractivity contribution in [3.63, 3.8) is 0 Å². The Bertz CT molecular complexity index is 611. The first-order valence-electron chi connectivity index (χ1n) is 6.60. The second-order valence-electron chi connectivity index (χ2n) is 5.09. The lowest BCUT2D eigenvalue weighted by molar-refractivity contribution is -0.858. The average molecular weight is 296 g/mol. The highest BCUT2D eigenvalue weighted by Gasteiger charge is 2.16. The van der Waals surface area contributed by atoms with Gasteiger partial charge in [0.15, 0.2) is 5.13 Å². The van der Waals surface area contributed by atoms with E-state index in [0.717, 1.165) is 23.2 Å². The van der Waals surface area contributed by atoms with Crippen molar-refractivity contribution < 1.29 is 14.1 Å². The summed E-state index contributed by atoms with van der Waals surface area (Å²) in [5.74, 6) is -0.309. The molecule has 1 heterocycles. The number of nitrogens with one attached hydrogen (secondary N) is 1. The number of quaternary nitrogens is 1. The number of benzene rings is 1. The number of thiazole rings is 1. The van der Waals surface area contributed by atoms with E-state index in [1.165, 1.54) is 35.3 Å². The van der Waals surface area contributed by atoms with Crippen molar-refractivity contribution in [2.45, 2.75) is 13.3 Å². The zero-order valence-corrected chi connectivity index (χ0v) is 12.8. The average Bonchev–Trinajstić information content (AvgIpc) is 2.76. The Kier molecular flexibility index (Phi) is 4.67. The Morgan fingerprint density at radius 1 is 1.45 bits per heavy atom. The predicted molar refractivity (Wildman–Crippen MR) is 79.9 cm³/mol. The normalized spacial score (nSPS) is 11.2. The third-order valence-electron chi connectivity index (χ3n) is 3.01.